The van der Waals surface area contributed by atoms with Crippen LogP contribution in [0.1, 0.15) is 28.4 Å². The van der Waals surface area contributed by atoms with Gasteiger partial charge in [0, 0.05) is 34.2 Å². The smallest absolute Gasteiger partial charge is 0.338 e. The molecule has 2 heterocycles. The number of nitrogens with one attached hydrogen (secondary N) is 1. The summed E-state index contributed by atoms with van der Waals surface area (Å²) in [6, 6.07) is 21.8. The number of anilines is 1. The van der Waals surface area contributed by atoms with Gasteiger partial charge in [0.15, 0.2) is 0 Å². The second kappa shape index (κ2) is 9.71. The second-order valence-electron chi connectivity index (χ2n) is 8.27. The summed E-state index contributed by atoms with van der Waals surface area (Å²) < 4.78 is 7.11. The number of fused-ring (bicyclic) bond motifs is 1. The van der Waals surface area contributed by atoms with Gasteiger partial charge in [-0.2, -0.15) is 0 Å². The number of nitrogens with zero attached hydrogens (tertiary/aromatic N) is 2. The molecule has 180 valence electrons. The van der Waals surface area contributed by atoms with E-state index >= 15 is 0 Å². The van der Waals surface area contributed by atoms with E-state index in [9.17, 15) is 14.4 Å². The van der Waals surface area contributed by atoms with E-state index in [1.54, 1.807) is 31.2 Å². The van der Waals surface area contributed by atoms with Crippen molar-refractivity contribution in [3.63, 3.8) is 0 Å². The third kappa shape index (κ3) is 4.48. The van der Waals surface area contributed by atoms with Gasteiger partial charge in [-0.15, -0.1) is 0 Å². The molecule has 3 aromatic carbocycles. The minimum Gasteiger partial charge on any atom is -0.462 e. The van der Waals surface area contributed by atoms with Crippen molar-refractivity contribution in [3.05, 3.63) is 106 Å². The Labute approximate surface area is 212 Å². The molecule has 0 spiro atoms. The van der Waals surface area contributed by atoms with Crippen LogP contribution in [0.2, 0.25) is 5.02 Å². The Kier molecular flexibility index (Phi) is 6.31. The molecule has 7 nitrogen and oxygen atoms in total. The predicted molar refractivity (Wildman–Crippen MR) is 138 cm³/mol. The minimum atomic E-state index is -0.518. The fourth-order valence-electron chi connectivity index (χ4n) is 4.19. The Bertz CT molecular complexity index is 1520. The van der Waals surface area contributed by atoms with Crippen LogP contribution in [-0.2, 0) is 20.9 Å². The van der Waals surface area contributed by atoms with Crippen molar-refractivity contribution in [1.82, 2.24) is 9.99 Å². The van der Waals surface area contributed by atoms with Crippen molar-refractivity contribution in [1.29, 1.82) is 0 Å². The lowest BCUT2D eigenvalue weighted by Gasteiger charge is -2.15. The monoisotopic (exact) mass is 499 g/mol. The summed E-state index contributed by atoms with van der Waals surface area (Å²) >= 11 is 6.02. The van der Waals surface area contributed by atoms with E-state index < -0.39 is 17.8 Å². The van der Waals surface area contributed by atoms with Crippen molar-refractivity contribution in [2.45, 2.75) is 13.5 Å². The van der Waals surface area contributed by atoms with Crippen LogP contribution >= 0.6 is 11.6 Å². The molecule has 1 fully saturated rings. The third-order valence-electron chi connectivity index (χ3n) is 5.89. The number of halogens is 1. The summed E-state index contributed by atoms with van der Waals surface area (Å²) in [7, 11) is 0. The molecule has 8 heteroatoms. The molecule has 0 saturated carbocycles. The number of carbonyl (C=O) groups is 3. The molecule has 1 aromatic heterocycles. The average molecular weight is 500 g/mol. The van der Waals surface area contributed by atoms with Gasteiger partial charge in [0.1, 0.15) is 5.57 Å². The highest BCUT2D eigenvalue weighted by Gasteiger charge is 2.35. The molecule has 5 rings (SSSR count). The third-order valence-corrected chi connectivity index (χ3v) is 6.14. The fraction of sp³-hybridized carbons (Fsp3) is 0.107. The van der Waals surface area contributed by atoms with Crippen LogP contribution in [0.4, 0.5) is 5.69 Å². The number of para-hydroxylation sites is 1. The number of hydrogen-bond acceptors (Lipinski definition) is 4. The summed E-state index contributed by atoms with van der Waals surface area (Å²) in [5.41, 5.74) is 6.06. The van der Waals surface area contributed by atoms with Crippen molar-refractivity contribution in [3.8, 4) is 0 Å². The Morgan fingerprint density at radius 3 is 2.58 bits per heavy atom. The van der Waals surface area contributed by atoms with Crippen molar-refractivity contribution < 1.29 is 19.1 Å². The molecule has 1 saturated heterocycles. The lowest BCUT2D eigenvalue weighted by atomic mass is 10.1. The van der Waals surface area contributed by atoms with Gasteiger partial charge in [-0.05, 0) is 55.0 Å². The lowest BCUT2D eigenvalue weighted by molar-refractivity contribution is -0.117. The fourth-order valence-corrected chi connectivity index (χ4v) is 4.31. The zero-order valence-electron chi connectivity index (χ0n) is 19.4. The van der Waals surface area contributed by atoms with Crippen molar-refractivity contribution in [2.24, 2.45) is 0 Å². The molecule has 0 bridgehead atoms. The van der Waals surface area contributed by atoms with Gasteiger partial charge in [0.05, 0.1) is 17.9 Å². The Morgan fingerprint density at radius 1 is 1.03 bits per heavy atom. The van der Waals surface area contributed by atoms with Gasteiger partial charge in [-0.25, -0.2) is 9.80 Å². The van der Waals surface area contributed by atoms with Crippen LogP contribution < -0.4 is 10.4 Å². The summed E-state index contributed by atoms with van der Waals surface area (Å²) in [4.78, 5) is 38.1. The molecule has 0 radical (unpaired) electrons. The molecule has 4 aromatic rings. The summed E-state index contributed by atoms with van der Waals surface area (Å²) in [5, 5.41) is 2.73. The largest absolute Gasteiger partial charge is 0.462 e. The van der Waals surface area contributed by atoms with Gasteiger partial charge in [0.2, 0.25) is 0 Å². The Balaban J connectivity index is 1.48. The first-order valence-electron chi connectivity index (χ1n) is 11.4. The molecule has 0 aliphatic carbocycles. The second-order valence-corrected chi connectivity index (χ2v) is 8.70. The molecule has 36 heavy (non-hydrogen) atoms. The van der Waals surface area contributed by atoms with E-state index in [-0.39, 0.29) is 12.2 Å². The molecule has 0 atom stereocenters. The van der Waals surface area contributed by atoms with Crippen LogP contribution in [0, 0.1) is 0 Å². The lowest BCUT2D eigenvalue weighted by Crippen LogP contribution is -2.35. The standard InChI is InChI=1S/C28H22ClN3O4/c1-2-36-28(35)19-6-5-7-22(14-19)32-27(34)24(26(33)30-32)15-20-17-31(25-9-4-3-8-23(20)25)16-18-10-12-21(29)13-11-18/h3-15,17H,2,16H2,1H3,(H,30,33)/b24-15-. The van der Waals surface area contributed by atoms with Gasteiger partial charge in [0.25, 0.3) is 11.8 Å². The first kappa shape index (κ1) is 23.4. The number of aromatic nitrogens is 1. The number of benzene rings is 3. The molecule has 1 N–H and O–H groups in total. The van der Waals surface area contributed by atoms with Gasteiger partial charge in [-0.1, -0.05) is 48.0 Å². The van der Waals surface area contributed by atoms with Crippen LogP contribution in [0.3, 0.4) is 0 Å². The number of hydrazine groups is 1. The number of rotatable bonds is 6. The topological polar surface area (TPSA) is 80.6 Å². The highest BCUT2D eigenvalue weighted by molar-refractivity contribution is 6.32. The van der Waals surface area contributed by atoms with Crippen LogP contribution in [0.5, 0.6) is 0 Å². The Morgan fingerprint density at radius 2 is 1.81 bits per heavy atom. The number of esters is 1. The Hall–Kier alpha value is -4.36. The zero-order valence-corrected chi connectivity index (χ0v) is 20.2. The van der Waals surface area contributed by atoms with E-state index in [0.29, 0.717) is 22.8 Å². The molecule has 1 aliphatic rings. The first-order valence-corrected chi connectivity index (χ1v) is 11.8. The van der Waals surface area contributed by atoms with Crippen molar-refractivity contribution >= 4 is 52.1 Å². The van der Waals surface area contributed by atoms with Gasteiger partial charge < -0.3 is 9.30 Å². The number of carbonyl (C=O) groups excluding carboxylic acids is 3. The molecule has 2 amide bonds. The maximum Gasteiger partial charge on any atom is 0.338 e. The SMILES string of the molecule is CCOC(=O)c1cccc(N2NC(=O)/C(=C/c3cn(Cc4ccc(Cl)cc4)c4ccccc34)C2=O)c1. The quantitative estimate of drug-likeness (QED) is 0.230. The number of amides is 2. The molecule has 0 unspecified atom stereocenters. The number of hydrogen-bond donors (Lipinski definition) is 1. The molecular weight excluding hydrogens is 478 g/mol. The molecule has 1 aliphatic heterocycles. The van der Waals surface area contributed by atoms with Crippen molar-refractivity contribution in [2.75, 3.05) is 11.6 Å². The van der Waals surface area contributed by atoms with E-state index in [2.05, 4.69) is 9.99 Å². The van der Waals surface area contributed by atoms with Crippen LogP contribution in [0.15, 0.2) is 84.6 Å². The summed E-state index contributed by atoms with van der Waals surface area (Å²) in [5.74, 6) is -1.52. The summed E-state index contributed by atoms with van der Waals surface area (Å²) in [6.07, 6.45) is 3.53. The molecular formula is C28H22ClN3O4. The normalized spacial score (nSPS) is 14.5. The summed E-state index contributed by atoms with van der Waals surface area (Å²) in [6.45, 7) is 2.56. The van der Waals surface area contributed by atoms with E-state index in [1.165, 1.54) is 6.07 Å². The minimum absolute atomic E-state index is 0.00549. The van der Waals surface area contributed by atoms with Crippen LogP contribution in [-0.4, -0.2) is 29.0 Å². The average Bonchev–Trinajstić information content (AvgIpc) is 3.38. The van der Waals surface area contributed by atoms with E-state index in [1.807, 2.05) is 54.7 Å². The maximum atomic E-state index is 13.2. The zero-order chi connectivity index (χ0) is 25.2. The van der Waals surface area contributed by atoms with E-state index in [4.69, 9.17) is 16.3 Å². The predicted octanol–water partition coefficient (Wildman–Crippen LogP) is 4.98. The highest BCUT2D eigenvalue weighted by atomic mass is 35.5. The first-order chi connectivity index (χ1) is 17.4. The number of ether oxygens (including phenoxy) is 1. The highest BCUT2D eigenvalue weighted by Crippen LogP contribution is 2.28. The van der Waals surface area contributed by atoms with Gasteiger partial charge >= 0.3 is 5.97 Å². The maximum absolute atomic E-state index is 13.2. The van der Waals surface area contributed by atoms with E-state index in [0.717, 1.165) is 27.0 Å². The van der Waals surface area contributed by atoms with Crippen LogP contribution in [0.25, 0.3) is 17.0 Å². The van der Waals surface area contributed by atoms with Gasteiger partial charge in [-0.3, -0.25) is 15.0 Å².